The van der Waals surface area contributed by atoms with Gasteiger partial charge >= 0.3 is 6.18 Å². The van der Waals surface area contributed by atoms with Crippen LogP contribution in [-0.4, -0.2) is 41.9 Å². The van der Waals surface area contributed by atoms with Gasteiger partial charge in [-0.3, -0.25) is 14.5 Å². The van der Waals surface area contributed by atoms with Crippen molar-refractivity contribution in [2.75, 3.05) is 18.4 Å². The molecule has 1 aliphatic carbocycles. The molecule has 1 aliphatic heterocycles. The Morgan fingerprint density at radius 3 is 2.52 bits per heavy atom. The molecule has 172 valence electrons. The lowest BCUT2D eigenvalue weighted by molar-refractivity contribution is -0.137. The molecular formula is C22H29ClF3N3O2. The van der Waals surface area contributed by atoms with E-state index in [0.29, 0.717) is 13.1 Å². The fourth-order valence-corrected chi connectivity index (χ4v) is 4.57. The summed E-state index contributed by atoms with van der Waals surface area (Å²) in [4.78, 5) is 27.3. The number of amides is 2. The number of nitrogens with zero attached hydrogens (tertiary/aromatic N) is 1. The molecule has 0 bridgehead atoms. The average molecular weight is 460 g/mol. The Kier molecular flexibility index (Phi) is 7.86. The number of hydrogen-bond donors (Lipinski definition) is 2. The second-order valence-electron chi connectivity index (χ2n) is 8.53. The van der Waals surface area contributed by atoms with Crippen LogP contribution < -0.4 is 10.6 Å². The highest BCUT2D eigenvalue weighted by Gasteiger charge is 2.36. The van der Waals surface area contributed by atoms with Crippen LogP contribution in [-0.2, 0) is 15.8 Å². The summed E-state index contributed by atoms with van der Waals surface area (Å²) in [7, 11) is 0. The molecule has 1 saturated carbocycles. The smallest absolute Gasteiger partial charge is 0.353 e. The van der Waals surface area contributed by atoms with E-state index in [4.69, 9.17) is 11.6 Å². The van der Waals surface area contributed by atoms with E-state index < -0.39 is 23.7 Å². The van der Waals surface area contributed by atoms with Crippen molar-refractivity contribution in [2.24, 2.45) is 5.92 Å². The first-order valence-corrected chi connectivity index (χ1v) is 11.2. The zero-order valence-corrected chi connectivity index (χ0v) is 18.4. The number of halogens is 4. The summed E-state index contributed by atoms with van der Waals surface area (Å²) in [6.45, 7) is 2.69. The van der Waals surface area contributed by atoms with Gasteiger partial charge in [-0.15, -0.1) is 0 Å². The number of carbonyl (C=O) groups is 2. The predicted octanol–water partition coefficient (Wildman–Crippen LogP) is 4.85. The predicted molar refractivity (Wildman–Crippen MR) is 114 cm³/mol. The van der Waals surface area contributed by atoms with E-state index in [9.17, 15) is 22.8 Å². The summed E-state index contributed by atoms with van der Waals surface area (Å²) in [5, 5.41) is 5.48. The molecule has 2 unspecified atom stereocenters. The van der Waals surface area contributed by atoms with Gasteiger partial charge in [-0.2, -0.15) is 13.2 Å². The van der Waals surface area contributed by atoms with Gasteiger partial charge in [0.15, 0.2) is 0 Å². The first-order chi connectivity index (χ1) is 14.6. The summed E-state index contributed by atoms with van der Waals surface area (Å²) < 4.78 is 39.9. The molecular weight excluding hydrogens is 431 g/mol. The van der Waals surface area contributed by atoms with Crippen LogP contribution in [0.3, 0.4) is 0 Å². The first-order valence-electron chi connectivity index (χ1n) is 10.9. The van der Waals surface area contributed by atoms with Crippen molar-refractivity contribution in [3.8, 4) is 0 Å². The van der Waals surface area contributed by atoms with Crippen molar-refractivity contribution in [1.29, 1.82) is 0 Å². The third kappa shape index (κ3) is 6.35. The van der Waals surface area contributed by atoms with Crippen LogP contribution in [0, 0.1) is 5.92 Å². The number of carbonyl (C=O) groups excluding carboxylic acids is 2. The molecule has 2 aliphatic rings. The lowest BCUT2D eigenvalue weighted by Gasteiger charge is -2.36. The zero-order chi connectivity index (χ0) is 22.6. The Hall–Kier alpha value is -1.80. The van der Waals surface area contributed by atoms with Crippen molar-refractivity contribution in [3.63, 3.8) is 0 Å². The SMILES string of the molecule is CC(C(=O)Nc1ccc(Cl)cc1C(F)(F)F)N1CCCC(C(=O)NC2CCCCC2)C1. The summed E-state index contributed by atoms with van der Waals surface area (Å²) in [5.74, 6) is -0.741. The minimum Gasteiger partial charge on any atom is -0.353 e. The number of hydrogen-bond acceptors (Lipinski definition) is 3. The normalized spacial score (nSPS) is 22.0. The topological polar surface area (TPSA) is 61.4 Å². The minimum atomic E-state index is -4.63. The summed E-state index contributed by atoms with van der Waals surface area (Å²) in [5.41, 5.74) is -1.30. The van der Waals surface area contributed by atoms with E-state index in [0.717, 1.165) is 50.7 Å². The number of alkyl halides is 3. The molecule has 2 fully saturated rings. The van der Waals surface area contributed by atoms with Gasteiger partial charge in [-0.05, 0) is 57.4 Å². The van der Waals surface area contributed by atoms with E-state index in [-0.39, 0.29) is 28.6 Å². The van der Waals surface area contributed by atoms with E-state index in [2.05, 4.69) is 10.6 Å². The highest BCUT2D eigenvalue weighted by molar-refractivity contribution is 6.30. The summed E-state index contributed by atoms with van der Waals surface area (Å²) >= 11 is 5.70. The second-order valence-corrected chi connectivity index (χ2v) is 8.97. The molecule has 5 nitrogen and oxygen atoms in total. The van der Waals surface area contributed by atoms with Crippen LogP contribution in [0.2, 0.25) is 5.02 Å². The van der Waals surface area contributed by atoms with E-state index in [1.807, 2.05) is 4.90 Å². The van der Waals surface area contributed by atoms with Crippen LogP contribution in [0.25, 0.3) is 0 Å². The highest BCUT2D eigenvalue weighted by atomic mass is 35.5. The Morgan fingerprint density at radius 1 is 1.13 bits per heavy atom. The molecule has 1 aromatic rings. The maximum absolute atomic E-state index is 13.3. The van der Waals surface area contributed by atoms with Crippen LogP contribution in [0.4, 0.5) is 18.9 Å². The Labute approximate surface area is 185 Å². The summed E-state index contributed by atoms with van der Waals surface area (Å²) in [6, 6.07) is 2.83. The van der Waals surface area contributed by atoms with Gasteiger partial charge in [0.05, 0.1) is 23.2 Å². The van der Waals surface area contributed by atoms with Gasteiger partial charge in [0.25, 0.3) is 0 Å². The maximum Gasteiger partial charge on any atom is 0.418 e. The molecule has 0 radical (unpaired) electrons. The van der Waals surface area contributed by atoms with E-state index in [1.54, 1.807) is 6.92 Å². The van der Waals surface area contributed by atoms with Gasteiger partial charge in [0.1, 0.15) is 0 Å². The van der Waals surface area contributed by atoms with Crippen molar-refractivity contribution in [3.05, 3.63) is 28.8 Å². The third-order valence-corrected chi connectivity index (χ3v) is 6.48. The Morgan fingerprint density at radius 2 is 1.84 bits per heavy atom. The Bertz CT molecular complexity index is 797. The molecule has 1 saturated heterocycles. The van der Waals surface area contributed by atoms with Gasteiger partial charge in [0, 0.05) is 17.6 Å². The van der Waals surface area contributed by atoms with Crippen molar-refractivity contribution in [2.45, 2.75) is 70.1 Å². The monoisotopic (exact) mass is 459 g/mol. The van der Waals surface area contributed by atoms with Crippen LogP contribution >= 0.6 is 11.6 Å². The molecule has 0 spiro atoms. The minimum absolute atomic E-state index is 0.0151. The number of piperidine rings is 1. The molecule has 2 amide bonds. The number of anilines is 1. The number of benzene rings is 1. The van der Waals surface area contributed by atoms with Crippen molar-refractivity contribution >= 4 is 29.1 Å². The van der Waals surface area contributed by atoms with Crippen molar-refractivity contribution < 1.29 is 22.8 Å². The van der Waals surface area contributed by atoms with Gasteiger partial charge < -0.3 is 10.6 Å². The quantitative estimate of drug-likeness (QED) is 0.662. The molecule has 2 atom stereocenters. The van der Waals surface area contributed by atoms with Crippen molar-refractivity contribution in [1.82, 2.24) is 10.2 Å². The van der Waals surface area contributed by atoms with Crippen LogP contribution in [0.1, 0.15) is 57.4 Å². The molecule has 3 rings (SSSR count). The van der Waals surface area contributed by atoms with Crippen LogP contribution in [0.5, 0.6) is 0 Å². The lowest BCUT2D eigenvalue weighted by atomic mass is 9.92. The van der Waals surface area contributed by atoms with E-state index in [1.165, 1.54) is 12.5 Å². The lowest BCUT2D eigenvalue weighted by Crippen LogP contribution is -2.51. The Balaban J connectivity index is 1.61. The molecule has 9 heteroatoms. The third-order valence-electron chi connectivity index (χ3n) is 6.25. The molecule has 0 aromatic heterocycles. The first kappa shape index (κ1) is 23.9. The van der Waals surface area contributed by atoms with Gasteiger partial charge in [0.2, 0.25) is 11.8 Å². The largest absolute Gasteiger partial charge is 0.418 e. The van der Waals surface area contributed by atoms with Gasteiger partial charge in [-0.25, -0.2) is 0 Å². The fraction of sp³-hybridized carbons (Fsp3) is 0.636. The average Bonchev–Trinajstić information content (AvgIpc) is 2.74. The molecule has 2 N–H and O–H groups in total. The summed E-state index contributed by atoms with van der Waals surface area (Å²) in [6.07, 6.45) is 2.35. The zero-order valence-electron chi connectivity index (χ0n) is 17.6. The highest BCUT2D eigenvalue weighted by Crippen LogP contribution is 2.36. The maximum atomic E-state index is 13.3. The van der Waals surface area contributed by atoms with Crippen LogP contribution in [0.15, 0.2) is 18.2 Å². The molecule has 1 heterocycles. The van der Waals surface area contributed by atoms with Gasteiger partial charge in [-0.1, -0.05) is 30.9 Å². The van der Waals surface area contributed by atoms with E-state index >= 15 is 0 Å². The fourth-order valence-electron chi connectivity index (χ4n) is 4.40. The number of likely N-dealkylation sites (tertiary alicyclic amines) is 1. The number of rotatable bonds is 5. The molecule has 1 aromatic carbocycles. The number of nitrogens with one attached hydrogen (secondary N) is 2. The molecule has 31 heavy (non-hydrogen) atoms. The standard InChI is InChI=1S/C22H29ClF3N3O2/c1-14(20(30)28-19-10-9-16(23)12-18(19)22(24,25)26)29-11-5-6-15(13-29)21(31)27-17-7-3-2-4-8-17/h9-10,12,14-15,17H,2-8,11,13H2,1H3,(H,27,31)(H,28,30). The second kappa shape index (κ2) is 10.2.